The van der Waals surface area contributed by atoms with E-state index >= 15 is 0 Å². The third kappa shape index (κ3) is 3.74. The molecule has 4 nitrogen and oxygen atoms in total. The summed E-state index contributed by atoms with van der Waals surface area (Å²) in [6.45, 7) is 3.64. The predicted molar refractivity (Wildman–Crippen MR) is 76.7 cm³/mol. The maximum Gasteiger partial charge on any atom is 0.253 e. The van der Waals surface area contributed by atoms with E-state index in [9.17, 15) is 9.59 Å². The molecule has 0 aliphatic rings. The van der Waals surface area contributed by atoms with E-state index in [1.165, 1.54) is 0 Å². The van der Waals surface area contributed by atoms with Crippen LogP contribution >= 0.6 is 28.6 Å². The molecule has 2 amide bonds. The molecule has 0 aromatic heterocycles. The van der Waals surface area contributed by atoms with Crippen molar-refractivity contribution in [2.75, 3.05) is 0 Å². The lowest BCUT2D eigenvalue weighted by Crippen LogP contribution is -2.47. The number of nitrogens with one attached hydrogen (secondary N) is 1. The van der Waals surface area contributed by atoms with Crippen molar-refractivity contribution >= 4 is 40.4 Å². The Morgan fingerprint density at radius 3 is 2.44 bits per heavy atom. The van der Waals surface area contributed by atoms with Crippen LogP contribution in [0.2, 0.25) is 0 Å². The van der Waals surface area contributed by atoms with Gasteiger partial charge in [-0.3, -0.25) is 9.59 Å². The van der Waals surface area contributed by atoms with Gasteiger partial charge in [-0.25, -0.2) is 0 Å². The van der Waals surface area contributed by atoms with Crippen LogP contribution in [-0.2, 0) is 4.79 Å². The summed E-state index contributed by atoms with van der Waals surface area (Å²) in [7, 11) is 0. The fraction of sp³-hybridized carbons (Fsp3) is 0.333. The summed E-state index contributed by atoms with van der Waals surface area (Å²) in [6, 6.07) is 4.41. The van der Waals surface area contributed by atoms with E-state index in [-0.39, 0.29) is 11.8 Å². The number of halogens is 1. The molecule has 1 unspecified atom stereocenters. The first-order valence-electron chi connectivity index (χ1n) is 5.41. The van der Waals surface area contributed by atoms with E-state index in [2.05, 4.69) is 33.9 Å². The van der Waals surface area contributed by atoms with Crippen molar-refractivity contribution in [1.29, 1.82) is 0 Å². The molecule has 0 bridgehead atoms. The highest BCUT2D eigenvalue weighted by molar-refractivity contribution is 9.10. The fourth-order valence-corrected chi connectivity index (χ4v) is 2.34. The zero-order valence-electron chi connectivity index (χ0n) is 10.1. The Balaban J connectivity index is 2.91. The summed E-state index contributed by atoms with van der Waals surface area (Å²) in [5, 5.41) is 2.61. The summed E-state index contributed by atoms with van der Waals surface area (Å²) in [6.07, 6.45) is 0. The molecule has 1 atom stereocenters. The van der Waals surface area contributed by atoms with Crippen molar-refractivity contribution in [3.8, 4) is 0 Å². The minimum atomic E-state index is -0.686. The van der Waals surface area contributed by atoms with E-state index < -0.39 is 11.9 Å². The van der Waals surface area contributed by atoms with Crippen LogP contribution in [0.4, 0.5) is 0 Å². The number of carbonyl (C=O) groups excluding carboxylic acids is 2. The van der Waals surface area contributed by atoms with Crippen LogP contribution in [0.25, 0.3) is 0 Å². The number of hydrogen-bond donors (Lipinski definition) is 3. The van der Waals surface area contributed by atoms with Gasteiger partial charge in [-0.1, -0.05) is 29.8 Å². The molecule has 1 rings (SSSR count). The summed E-state index contributed by atoms with van der Waals surface area (Å²) in [5.74, 6) is -0.966. The molecule has 0 aliphatic carbocycles. The number of amides is 2. The second kappa shape index (κ2) is 6.24. The van der Waals surface area contributed by atoms with Gasteiger partial charge in [0, 0.05) is 9.37 Å². The first-order valence-corrected chi connectivity index (χ1v) is 6.65. The maximum absolute atomic E-state index is 12.0. The van der Waals surface area contributed by atoms with Gasteiger partial charge in [0.15, 0.2) is 0 Å². The maximum atomic E-state index is 12.0. The molecule has 1 aromatic rings. The molecule has 0 heterocycles. The molecular weight excluding hydrogens is 316 g/mol. The van der Waals surface area contributed by atoms with Gasteiger partial charge in [-0.05, 0) is 24.1 Å². The Hall–Kier alpha value is -1.01. The lowest BCUT2D eigenvalue weighted by Gasteiger charge is -2.19. The van der Waals surface area contributed by atoms with E-state index in [1.807, 2.05) is 13.8 Å². The van der Waals surface area contributed by atoms with E-state index in [0.717, 1.165) is 4.47 Å². The van der Waals surface area contributed by atoms with Gasteiger partial charge in [0.2, 0.25) is 5.91 Å². The van der Waals surface area contributed by atoms with Crippen molar-refractivity contribution in [2.45, 2.75) is 24.8 Å². The van der Waals surface area contributed by atoms with E-state index in [1.54, 1.807) is 18.2 Å². The largest absolute Gasteiger partial charge is 0.368 e. The zero-order chi connectivity index (χ0) is 13.9. The lowest BCUT2D eigenvalue weighted by molar-refractivity contribution is -0.120. The number of hydrogen-bond acceptors (Lipinski definition) is 3. The van der Waals surface area contributed by atoms with Crippen LogP contribution in [0.3, 0.4) is 0 Å². The Bertz CT molecular complexity index is 477. The standard InChI is InChI=1S/C12H15BrN2O2S/c1-6(2)10(11(14)16)15-12(17)8-4-3-7(13)5-9(8)18/h3-6,10,18H,1-2H3,(H2,14,16)(H,15,17). The van der Waals surface area contributed by atoms with E-state index in [0.29, 0.717) is 10.5 Å². The lowest BCUT2D eigenvalue weighted by atomic mass is 10.0. The van der Waals surface area contributed by atoms with Crippen LogP contribution in [-0.4, -0.2) is 17.9 Å². The second-order valence-corrected chi connectivity index (χ2v) is 5.66. The predicted octanol–water partition coefficient (Wildman–Crippen LogP) is 1.98. The minimum absolute atomic E-state index is 0.0646. The van der Waals surface area contributed by atoms with Crippen LogP contribution < -0.4 is 11.1 Å². The molecule has 0 radical (unpaired) electrons. The Kier molecular flexibility index (Phi) is 5.22. The SMILES string of the molecule is CC(C)C(NC(=O)c1ccc(Br)cc1S)C(N)=O. The smallest absolute Gasteiger partial charge is 0.253 e. The summed E-state index contributed by atoms with van der Waals surface area (Å²) in [4.78, 5) is 23.8. The quantitative estimate of drug-likeness (QED) is 0.738. The number of rotatable bonds is 4. The van der Waals surface area contributed by atoms with E-state index in [4.69, 9.17) is 5.73 Å². The molecule has 0 spiro atoms. The molecular formula is C12H15BrN2O2S. The van der Waals surface area contributed by atoms with Crippen molar-refractivity contribution in [1.82, 2.24) is 5.32 Å². The van der Waals surface area contributed by atoms with Crippen LogP contribution in [0.15, 0.2) is 27.6 Å². The third-order valence-corrected chi connectivity index (χ3v) is 3.33. The molecule has 1 aromatic carbocycles. The zero-order valence-corrected chi connectivity index (χ0v) is 12.6. The highest BCUT2D eigenvalue weighted by Gasteiger charge is 2.22. The van der Waals surface area contributed by atoms with Crippen LogP contribution in [0.5, 0.6) is 0 Å². The molecule has 0 saturated heterocycles. The highest BCUT2D eigenvalue weighted by Crippen LogP contribution is 2.20. The average Bonchev–Trinajstić information content (AvgIpc) is 2.24. The number of carbonyl (C=O) groups is 2. The van der Waals surface area contributed by atoms with Gasteiger partial charge in [0.25, 0.3) is 5.91 Å². The average molecular weight is 331 g/mol. The molecule has 0 fully saturated rings. The summed E-state index contributed by atoms with van der Waals surface area (Å²) in [5.41, 5.74) is 5.66. The van der Waals surface area contributed by atoms with Crippen LogP contribution in [0, 0.1) is 5.92 Å². The topological polar surface area (TPSA) is 72.2 Å². The molecule has 3 N–H and O–H groups in total. The Morgan fingerprint density at radius 2 is 2.00 bits per heavy atom. The van der Waals surface area contributed by atoms with Gasteiger partial charge in [-0.15, -0.1) is 12.6 Å². The minimum Gasteiger partial charge on any atom is -0.368 e. The highest BCUT2D eigenvalue weighted by atomic mass is 79.9. The molecule has 0 aliphatic heterocycles. The first kappa shape index (κ1) is 15.0. The molecule has 6 heteroatoms. The molecule has 98 valence electrons. The number of nitrogens with two attached hydrogens (primary N) is 1. The van der Waals surface area contributed by atoms with Crippen LogP contribution in [0.1, 0.15) is 24.2 Å². The normalized spacial score (nSPS) is 12.3. The number of benzene rings is 1. The Labute approximate surface area is 120 Å². The van der Waals surface area contributed by atoms with Crippen molar-refractivity contribution in [2.24, 2.45) is 11.7 Å². The van der Waals surface area contributed by atoms with Crippen molar-refractivity contribution < 1.29 is 9.59 Å². The monoisotopic (exact) mass is 330 g/mol. The van der Waals surface area contributed by atoms with Gasteiger partial charge in [-0.2, -0.15) is 0 Å². The van der Waals surface area contributed by atoms with Gasteiger partial charge in [0.05, 0.1) is 5.56 Å². The van der Waals surface area contributed by atoms with Gasteiger partial charge < -0.3 is 11.1 Å². The Morgan fingerprint density at radius 1 is 1.39 bits per heavy atom. The van der Waals surface area contributed by atoms with Crippen molar-refractivity contribution in [3.05, 3.63) is 28.2 Å². The number of primary amides is 1. The number of thiol groups is 1. The summed E-state index contributed by atoms with van der Waals surface area (Å²) < 4.78 is 0.833. The van der Waals surface area contributed by atoms with Gasteiger partial charge in [0.1, 0.15) is 6.04 Å². The van der Waals surface area contributed by atoms with Crippen molar-refractivity contribution in [3.63, 3.8) is 0 Å². The molecule has 0 saturated carbocycles. The summed E-state index contributed by atoms with van der Waals surface area (Å²) >= 11 is 7.51. The first-order chi connectivity index (χ1) is 8.32. The van der Waals surface area contributed by atoms with Gasteiger partial charge >= 0.3 is 0 Å². The third-order valence-electron chi connectivity index (χ3n) is 2.46. The molecule has 18 heavy (non-hydrogen) atoms. The fourth-order valence-electron chi connectivity index (χ4n) is 1.48. The second-order valence-electron chi connectivity index (χ2n) is 4.26.